The van der Waals surface area contributed by atoms with Gasteiger partial charge in [-0.3, -0.25) is 9.59 Å². The molecule has 0 saturated carbocycles. The molecule has 0 aliphatic heterocycles. The van der Waals surface area contributed by atoms with Gasteiger partial charge < -0.3 is 14.4 Å². The van der Waals surface area contributed by atoms with Gasteiger partial charge in [0, 0.05) is 18.0 Å². The molecule has 0 aliphatic carbocycles. The van der Waals surface area contributed by atoms with E-state index in [2.05, 4.69) is 0 Å². The summed E-state index contributed by atoms with van der Waals surface area (Å²) in [6.45, 7) is 5.75. The van der Waals surface area contributed by atoms with E-state index in [9.17, 15) is 9.59 Å². The molecule has 22 heavy (non-hydrogen) atoms. The van der Waals surface area contributed by atoms with Gasteiger partial charge in [-0.05, 0) is 32.9 Å². The number of carboxylic acid groups (broad SMARTS) is 1. The number of para-hydroxylation sites is 1. The molecule has 0 saturated heterocycles. The van der Waals surface area contributed by atoms with Crippen LogP contribution in [0.1, 0.15) is 38.9 Å². The first-order chi connectivity index (χ1) is 10.4. The van der Waals surface area contributed by atoms with Crippen LogP contribution in [0.3, 0.4) is 0 Å². The van der Waals surface area contributed by atoms with Crippen LogP contribution >= 0.6 is 0 Å². The number of amides is 1. The first kappa shape index (κ1) is 16.1. The van der Waals surface area contributed by atoms with Crippen molar-refractivity contribution < 1.29 is 19.1 Å². The molecule has 0 radical (unpaired) electrons. The smallest absolute Gasteiger partial charge is 0.305 e. The summed E-state index contributed by atoms with van der Waals surface area (Å²) in [4.78, 5) is 25.0. The summed E-state index contributed by atoms with van der Waals surface area (Å²) in [6.07, 6.45) is -0.0588. The second kappa shape index (κ2) is 6.64. The summed E-state index contributed by atoms with van der Waals surface area (Å²) in [5.74, 6) is -0.860. The highest BCUT2D eigenvalue weighted by Crippen LogP contribution is 2.26. The number of furan rings is 1. The van der Waals surface area contributed by atoms with E-state index in [0.717, 1.165) is 11.0 Å². The Morgan fingerprint density at radius 3 is 2.50 bits per heavy atom. The largest absolute Gasteiger partial charge is 0.481 e. The van der Waals surface area contributed by atoms with Gasteiger partial charge in [-0.1, -0.05) is 18.2 Å². The van der Waals surface area contributed by atoms with Crippen LogP contribution in [0.2, 0.25) is 0 Å². The molecule has 1 atom stereocenters. The van der Waals surface area contributed by atoms with Crippen molar-refractivity contribution in [2.75, 3.05) is 6.54 Å². The van der Waals surface area contributed by atoms with E-state index in [1.54, 1.807) is 11.8 Å². The second-order valence-corrected chi connectivity index (χ2v) is 5.68. The Hall–Kier alpha value is -2.30. The number of aliphatic carboxylic acids is 1. The van der Waals surface area contributed by atoms with Gasteiger partial charge in [-0.2, -0.15) is 0 Å². The van der Waals surface area contributed by atoms with Gasteiger partial charge in [-0.15, -0.1) is 0 Å². The lowest BCUT2D eigenvalue weighted by molar-refractivity contribution is -0.139. The third-order valence-corrected chi connectivity index (χ3v) is 3.71. The van der Waals surface area contributed by atoms with Gasteiger partial charge in [0.2, 0.25) is 5.91 Å². The minimum absolute atomic E-state index is 0.0568. The predicted octanol–water partition coefficient (Wildman–Crippen LogP) is 3.25. The van der Waals surface area contributed by atoms with Gasteiger partial charge in [-0.25, -0.2) is 0 Å². The summed E-state index contributed by atoms with van der Waals surface area (Å²) in [5, 5.41) is 9.78. The molecule has 5 nitrogen and oxygen atoms in total. The molecule has 1 aromatic carbocycles. The average molecular weight is 303 g/mol. The van der Waals surface area contributed by atoms with Gasteiger partial charge in [0.25, 0.3) is 0 Å². The van der Waals surface area contributed by atoms with E-state index >= 15 is 0 Å². The zero-order chi connectivity index (χ0) is 16.3. The minimum Gasteiger partial charge on any atom is -0.481 e. The highest BCUT2D eigenvalue weighted by Gasteiger charge is 2.26. The SMILES string of the molecule is CC(C(=O)N(CCC(=O)O)C(C)C)c1cc2ccccc2o1. The zero-order valence-electron chi connectivity index (χ0n) is 13.1. The number of carboxylic acids is 1. The molecule has 5 heteroatoms. The fourth-order valence-corrected chi connectivity index (χ4v) is 2.43. The molecule has 2 rings (SSSR count). The normalized spacial score (nSPS) is 12.5. The average Bonchev–Trinajstić information content (AvgIpc) is 2.89. The number of hydrogen-bond acceptors (Lipinski definition) is 3. The Bertz CT molecular complexity index is 641. The summed E-state index contributed by atoms with van der Waals surface area (Å²) < 4.78 is 5.74. The minimum atomic E-state index is -0.908. The molecule has 1 aromatic heterocycles. The summed E-state index contributed by atoms with van der Waals surface area (Å²) in [7, 11) is 0. The lowest BCUT2D eigenvalue weighted by Crippen LogP contribution is -2.40. The zero-order valence-corrected chi connectivity index (χ0v) is 13.1. The van der Waals surface area contributed by atoms with Crippen LogP contribution in [0, 0.1) is 0 Å². The number of hydrogen-bond donors (Lipinski definition) is 1. The number of nitrogens with zero attached hydrogens (tertiary/aromatic N) is 1. The molecule has 1 amide bonds. The van der Waals surface area contributed by atoms with Crippen molar-refractivity contribution in [3.63, 3.8) is 0 Å². The maximum absolute atomic E-state index is 12.6. The number of rotatable bonds is 6. The van der Waals surface area contributed by atoms with Gasteiger partial charge in [0.15, 0.2) is 0 Å². The summed E-state index contributed by atoms with van der Waals surface area (Å²) >= 11 is 0. The number of carbonyl (C=O) groups excluding carboxylic acids is 1. The van der Waals surface area contributed by atoms with Crippen molar-refractivity contribution in [3.8, 4) is 0 Å². The third kappa shape index (κ3) is 3.47. The van der Waals surface area contributed by atoms with E-state index in [0.29, 0.717) is 5.76 Å². The van der Waals surface area contributed by atoms with Crippen LogP contribution in [0.5, 0.6) is 0 Å². The van der Waals surface area contributed by atoms with Crippen LogP contribution in [0.15, 0.2) is 34.7 Å². The van der Waals surface area contributed by atoms with Crippen LogP contribution in [-0.2, 0) is 9.59 Å². The first-order valence-corrected chi connectivity index (χ1v) is 7.41. The van der Waals surface area contributed by atoms with Crippen molar-refractivity contribution >= 4 is 22.8 Å². The highest BCUT2D eigenvalue weighted by atomic mass is 16.4. The second-order valence-electron chi connectivity index (χ2n) is 5.68. The standard InChI is InChI=1S/C17H21NO4/c1-11(2)18(9-8-16(19)20)17(21)12(3)15-10-13-6-4-5-7-14(13)22-15/h4-7,10-12H,8-9H2,1-3H3,(H,19,20). The topological polar surface area (TPSA) is 70.8 Å². The molecular weight excluding hydrogens is 282 g/mol. The van der Waals surface area contributed by atoms with Gasteiger partial charge >= 0.3 is 5.97 Å². The van der Waals surface area contributed by atoms with E-state index in [-0.39, 0.29) is 24.9 Å². The Balaban J connectivity index is 2.19. The van der Waals surface area contributed by atoms with Crippen molar-refractivity contribution in [2.24, 2.45) is 0 Å². The molecule has 0 aliphatic rings. The van der Waals surface area contributed by atoms with Crippen LogP contribution in [0.4, 0.5) is 0 Å². The van der Waals surface area contributed by atoms with Crippen molar-refractivity contribution in [3.05, 3.63) is 36.1 Å². The molecule has 0 spiro atoms. The Labute approximate surface area is 129 Å². The maximum Gasteiger partial charge on any atom is 0.305 e. The molecule has 1 heterocycles. The Morgan fingerprint density at radius 1 is 1.23 bits per heavy atom. The fourth-order valence-electron chi connectivity index (χ4n) is 2.43. The lowest BCUT2D eigenvalue weighted by atomic mass is 10.1. The van der Waals surface area contributed by atoms with Crippen molar-refractivity contribution in [1.82, 2.24) is 4.90 Å². The maximum atomic E-state index is 12.6. The molecular formula is C17H21NO4. The molecule has 1 unspecified atom stereocenters. The fraction of sp³-hybridized carbons (Fsp3) is 0.412. The third-order valence-electron chi connectivity index (χ3n) is 3.71. The monoisotopic (exact) mass is 303 g/mol. The molecule has 0 bridgehead atoms. The van der Waals surface area contributed by atoms with E-state index in [4.69, 9.17) is 9.52 Å². The lowest BCUT2D eigenvalue weighted by Gasteiger charge is -2.28. The number of fused-ring (bicyclic) bond motifs is 1. The summed E-state index contributed by atoms with van der Waals surface area (Å²) in [6, 6.07) is 9.41. The highest BCUT2D eigenvalue weighted by molar-refractivity contribution is 5.86. The van der Waals surface area contributed by atoms with E-state index < -0.39 is 11.9 Å². The Kier molecular flexibility index (Phi) is 4.85. The van der Waals surface area contributed by atoms with Gasteiger partial charge in [0.1, 0.15) is 11.3 Å². The first-order valence-electron chi connectivity index (χ1n) is 7.41. The molecule has 2 aromatic rings. The van der Waals surface area contributed by atoms with Gasteiger partial charge in [0.05, 0.1) is 12.3 Å². The van der Waals surface area contributed by atoms with E-state index in [1.807, 2.05) is 44.2 Å². The van der Waals surface area contributed by atoms with Crippen molar-refractivity contribution in [2.45, 2.75) is 39.2 Å². The van der Waals surface area contributed by atoms with E-state index in [1.165, 1.54) is 0 Å². The number of benzene rings is 1. The van der Waals surface area contributed by atoms with Crippen LogP contribution in [-0.4, -0.2) is 34.5 Å². The molecule has 118 valence electrons. The summed E-state index contributed by atoms with van der Waals surface area (Å²) in [5.41, 5.74) is 0.749. The number of carbonyl (C=O) groups is 2. The Morgan fingerprint density at radius 2 is 1.91 bits per heavy atom. The predicted molar refractivity (Wildman–Crippen MR) is 83.7 cm³/mol. The van der Waals surface area contributed by atoms with Crippen molar-refractivity contribution in [1.29, 1.82) is 0 Å². The molecule has 1 N–H and O–H groups in total. The quantitative estimate of drug-likeness (QED) is 0.889. The van der Waals surface area contributed by atoms with Crippen LogP contribution in [0.25, 0.3) is 11.0 Å². The molecule has 0 fully saturated rings. The van der Waals surface area contributed by atoms with Crippen LogP contribution < -0.4 is 0 Å².